The highest BCUT2D eigenvalue weighted by Crippen LogP contribution is 2.19. The maximum atomic E-state index is 11.1. The van der Waals surface area contributed by atoms with E-state index in [9.17, 15) is 4.79 Å². The van der Waals surface area contributed by atoms with Crippen molar-refractivity contribution in [1.29, 1.82) is 0 Å². The van der Waals surface area contributed by atoms with E-state index in [1.165, 1.54) is 19.3 Å². The lowest BCUT2D eigenvalue weighted by Gasteiger charge is -2.06. The Kier molecular flexibility index (Phi) is 4.00. The first-order valence-corrected chi connectivity index (χ1v) is 5.15. The molecule has 1 aliphatic heterocycles. The van der Waals surface area contributed by atoms with Gasteiger partial charge in [-0.1, -0.05) is 26.2 Å². The Labute approximate surface area is 80.0 Å². The van der Waals surface area contributed by atoms with Crippen LogP contribution in [-0.2, 0) is 9.53 Å². The zero-order valence-corrected chi connectivity index (χ0v) is 8.51. The Morgan fingerprint density at radius 1 is 1.38 bits per heavy atom. The van der Waals surface area contributed by atoms with Crippen LogP contribution in [0.4, 0.5) is 0 Å². The zero-order valence-electron chi connectivity index (χ0n) is 8.51. The molecule has 0 aromatic rings. The zero-order chi connectivity index (χ0) is 9.68. The summed E-state index contributed by atoms with van der Waals surface area (Å²) in [6.45, 7) is 3.99. The highest BCUT2D eigenvalue weighted by atomic mass is 16.5. The number of carbonyl (C=O) groups is 1. The molecule has 2 heteroatoms. The number of hydrogen-bond donors (Lipinski definition) is 0. The minimum Gasteiger partial charge on any atom is -0.487 e. The number of carbonyl (C=O) groups excluding carboxylic acids is 1. The average molecular weight is 182 g/mol. The molecule has 0 saturated heterocycles. The topological polar surface area (TPSA) is 26.3 Å². The lowest BCUT2D eigenvalue weighted by molar-refractivity contribution is -0.119. The minimum absolute atomic E-state index is 0.116. The molecule has 1 heterocycles. The van der Waals surface area contributed by atoms with Gasteiger partial charge < -0.3 is 4.74 Å². The molecule has 1 aliphatic rings. The van der Waals surface area contributed by atoms with Crippen molar-refractivity contribution >= 4 is 5.78 Å². The van der Waals surface area contributed by atoms with Gasteiger partial charge in [-0.15, -0.1) is 0 Å². The summed E-state index contributed by atoms with van der Waals surface area (Å²) in [5.74, 6) is 0.999. The van der Waals surface area contributed by atoms with E-state index in [2.05, 4.69) is 6.92 Å². The van der Waals surface area contributed by atoms with Gasteiger partial charge in [-0.3, -0.25) is 4.79 Å². The van der Waals surface area contributed by atoms with Crippen molar-refractivity contribution in [3.63, 3.8) is 0 Å². The summed E-state index contributed by atoms with van der Waals surface area (Å²) in [5, 5.41) is 0. The van der Waals surface area contributed by atoms with Crippen LogP contribution in [0.25, 0.3) is 0 Å². The first-order valence-electron chi connectivity index (χ1n) is 5.15. The van der Waals surface area contributed by atoms with E-state index in [1.807, 2.05) is 0 Å². The molecule has 0 amide bonds. The number of allylic oxidation sites excluding steroid dienone is 1. The van der Waals surface area contributed by atoms with Crippen molar-refractivity contribution < 1.29 is 9.53 Å². The van der Waals surface area contributed by atoms with E-state index >= 15 is 0 Å². The van der Waals surface area contributed by atoms with Gasteiger partial charge >= 0.3 is 0 Å². The van der Waals surface area contributed by atoms with Crippen molar-refractivity contribution in [2.45, 2.75) is 52.1 Å². The summed E-state index contributed by atoms with van der Waals surface area (Å²) in [7, 11) is 0. The second-order valence-electron chi connectivity index (χ2n) is 3.58. The van der Waals surface area contributed by atoms with Crippen LogP contribution in [0, 0.1) is 0 Å². The Bertz CT molecular complexity index is 206. The molecular formula is C11H18O2. The monoisotopic (exact) mass is 182 g/mol. The number of ether oxygens (including phenoxy) is 1. The second kappa shape index (κ2) is 5.05. The van der Waals surface area contributed by atoms with Gasteiger partial charge in [-0.05, 0) is 13.3 Å². The molecule has 0 bridgehead atoms. The highest BCUT2D eigenvalue weighted by molar-refractivity contribution is 5.95. The van der Waals surface area contributed by atoms with Gasteiger partial charge in [-0.25, -0.2) is 0 Å². The molecule has 13 heavy (non-hydrogen) atoms. The Morgan fingerprint density at radius 3 is 2.69 bits per heavy atom. The number of unbranched alkanes of at least 4 members (excludes halogenated alkanes) is 3. The SMILES string of the molecule is CCCCCCC1=CC(=O)[C@@H](C)O1. The molecule has 0 fully saturated rings. The summed E-state index contributed by atoms with van der Waals surface area (Å²) in [6.07, 6.45) is 7.24. The molecule has 0 radical (unpaired) electrons. The molecular weight excluding hydrogens is 164 g/mol. The van der Waals surface area contributed by atoms with E-state index in [4.69, 9.17) is 4.74 Å². The third kappa shape index (κ3) is 3.21. The van der Waals surface area contributed by atoms with Crippen LogP contribution in [0.3, 0.4) is 0 Å². The molecule has 0 saturated carbocycles. The normalized spacial score (nSPS) is 21.5. The molecule has 2 nitrogen and oxygen atoms in total. The molecule has 0 aromatic carbocycles. The molecule has 0 aromatic heterocycles. The quantitative estimate of drug-likeness (QED) is 0.611. The van der Waals surface area contributed by atoms with E-state index in [-0.39, 0.29) is 11.9 Å². The lowest BCUT2D eigenvalue weighted by atomic mass is 10.1. The summed E-state index contributed by atoms with van der Waals surface area (Å²) in [4.78, 5) is 11.1. The Morgan fingerprint density at radius 2 is 2.15 bits per heavy atom. The van der Waals surface area contributed by atoms with E-state index in [1.54, 1.807) is 13.0 Å². The van der Waals surface area contributed by atoms with Crippen LogP contribution < -0.4 is 0 Å². The fourth-order valence-electron chi connectivity index (χ4n) is 1.45. The van der Waals surface area contributed by atoms with Crippen molar-refractivity contribution in [3.05, 3.63) is 11.8 Å². The number of ketones is 1. The third-order valence-corrected chi connectivity index (χ3v) is 2.31. The van der Waals surface area contributed by atoms with Crippen molar-refractivity contribution in [3.8, 4) is 0 Å². The maximum absolute atomic E-state index is 11.1. The maximum Gasteiger partial charge on any atom is 0.199 e. The van der Waals surface area contributed by atoms with Crippen LogP contribution in [0.1, 0.15) is 46.0 Å². The van der Waals surface area contributed by atoms with Crippen molar-refractivity contribution in [2.75, 3.05) is 0 Å². The predicted molar refractivity (Wildman–Crippen MR) is 52.4 cm³/mol. The lowest BCUT2D eigenvalue weighted by Crippen LogP contribution is -2.09. The van der Waals surface area contributed by atoms with Crippen molar-refractivity contribution in [1.82, 2.24) is 0 Å². The number of hydrogen-bond acceptors (Lipinski definition) is 2. The molecule has 1 rings (SSSR count). The minimum atomic E-state index is -0.235. The van der Waals surface area contributed by atoms with Crippen LogP contribution in [0.15, 0.2) is 11.8 Å². The highest BCUT2D eigenvalue weighted by Gasteiger charge is 2.21. The summed E-state index contributed by atoms with van der Waals surface area (Å²) in [5.41, 5.74) is 0. The number of rotatable bonds is 5. The van der Waals surface area contributed by atoms with Gasteiger partial charge in [0.2, 0.25) is 0 Å². The third-order valence-electron chi connectivity index (χ3n) is 2.31. The molecule has 1 atom stereocenters. The van der Waals surface area contributed by atoms with Gasteiger partial charge in [0.15, 0.2) is 11.9 Å². The molecule has 74 valence electrons. The molecule has 0 spiro atoms. The van der Waals surface area contributed by atoms with Gasteiger partial charge in [0.1, 0.15) is 5.76 Å². The first kappa shape index (κ1) is 10.3. The predicted octanol–water partition coefficient (Wildman–Crippen LogP) is 2.83. The van der Waals surface area contributed by atoms with Gasteiger partial charge in [0.25, 0.3) is 0 Å². The van der Waals surface area contributed by atoms with E-state index in [0.717, 1.165) is 18.6 Å². The smallest absolute Gasteiger partial charge is 0.199 e. The van der Waals surface area contributed by atoms with Gasteiger partial charge in [0, 0.05) is 12.5 Å². The van der Waals surface area contributed by atoms with Crippen LogP contribution in [0.2, 0.25) is 0 Å². The van der Waals surface area contributed by atoms with Crippen LogP contribution in [-0.4, -0.2) is 11.9 Å². The average Bonchev–Trinajstić information content (AvgIpc) is 2.41. The Hall–Kier alpha value is -0.790. The van der Waals surface area contributed by atoms with Crippen LogP contribution >= 0.6 is 0 Å². The molecule has 0 N–H and O–H groups in total. The second-order valence-corrected chi connectivity index (χ2v) is 3.58. The Balaban J connectivity index is 2.16. The standard InChI is InChI=1S/C11H18O2/c1-3-4-5-6-7-10-8-11(12)9(2)13-10/h8-9H,3-7H2,1-2H3/t9-/m1/s1. The van der Waals surface area contributed by atoms with Crippen molar-refractivity contribution in [2.24, 2.45) is 0 Å². The largest absolute Gasteiger partial charge is 0.487 e. The summed E-state index contributed by atoms with van der Waals surface area (Å²) < 4.78 is 5.37. The fraction of sp³-hybridized carbons (Fsp3) is 0.727. The summed E-state index contributed by atoms with van der Waals surface area (Å²) >= 11 is 0. The van der Waals surface area contributed by atoms with Gasteiger partial charge in [-0.2, -0.15) is 0 Å². The molecule has 0 aliphatic carbocycles. The fourth-order valence-corrected chi connectivity index (χ4v) is 1.45. The first-order chi connectivity index (χ1) is 6.24. The van der Waals surface area contributed by atoms with E-state index < -0.39 is 0 Å². The van der Waals surface area contributed by atoms with Crippen LogP contribution in [0.5, 0.6) is 0 Å². The summed E-state index contributed by atoms with van der Waals surface area (Å²) in [6, 6.07) is 0. The van der Waals surface area contributed by atoms with Gasteiger partial charge in [0.05, 0.1) is 0 Å². The molecule has 0 unspecified atom stereocenters. The van der Waals surface area contributed by atoms with E-state index in [0.29, 0.717) is 0 Å².